The summed E-state index contributed by atoms with van der Waals surface area (Å²) in [7, 11) is 0. The van der Waals surface area contributed by atoms with Gasteiger partial charge in [0, 0.05) is 32.4 Å². The number of morpholine rings is 1. The van der Waals surface area contributed by atoms with Crippen LogP contribution in [0.5, 0.6) is 0 Å². The lowest BCUT2D eigenvalue weighted by Crippen LogP contribution is -2.38. The van der Waals surface area contributed by atoms with Gasteiger partial charge in [-0.2, -0.15) is 0 Å². The Morgan fingerprint density at radius 1 is 1.07 bits per heavy atom. The summed E-state index contributed by atoms with van der Waals surface area (Å²) in [5.41, 5.74) is 4.04. The van der Waals surface area contributed by atoms with Gasteiger partial charge in [-0.05, 0) is 31.2 Å². The lowest BCUT2D eigenvalue weighted by Gasteiger charge is -2.26. The molecule has 0 N–H and O–H groups in total. The third-order valence-corrected chi connectivity index (χ3v) is 4.97. The van der Waals surface area contributed by atoms with Gasteiger partial charge in [0.05, 0.1) is 42.2 Å². The fourth-order valence-corrected chi connectivity index (χ4v) is 3.41. The molecule has 1 saturated heterocycles. The monoisotopic (exact) mass is 363 g/mol. The normalized spacial score (nSPS) is 16.1. The van der Waals surface area contributed by atoms with Crippen molar-refractivity contribution in [3.63, 3.8) is 0 Å². The van der Waals surface area contributed by atoms with Gasteiger partial charge in [0.2, 0.25) is 0 Å². The van der Waals surface area contributed by atoms with Crippen LogP contribution in [-0.4, -0.2) is 58.0 Å². The van der Waals surface area contributed by atoms with Gasteiger partial charge in [-0.25, -0.2) is 4.98 Å². The molecule has 0 spiro atoms. The van der Waals surface area contributed by atoms with Crippen LogP contribution in [0.2, 0.25) is 0 Å². The number of hydrogen-bond acceptors (Lipinski definition) is 5. The van der Waals surface area contributed by atoms with Crippen LogP contribution in [0.25, 0.3) is 11.0 Å². The topological polar surface area (TPSA) is 55.5 Å². The van der Waals surface area contributed by atoms with Gasteiger partial charge in [0.25, 0.3) is 0 Å². The lowest BCUT2D eigenvalue weighted by atomic mass is 10.2. The Labute approximate surface area is 159 Å². The quantitative estimate of drug-likeness (QED) is 0.632. The Bertz CT molecular complexity index is 913. The maximum Gasteiger partial charge on any atom is 0.131 e. The molecule has 0 atom stereocenters. The van der Waals surface area contributed by atoms with Crippen LogP contribution in [0.15, 0.2) is 53.7 Å². The summed E-state index contributed by atoms with van der Waals surface area (Å²) < 4.78 is 7.76. The molecule has 6 heteroatoms. The Hall–Kier alpha value is -2.57. The first-order chi connectivity index (χ1) is 13.3. The number of fused-ring (bicyclic) bond motifs is 1. The number of aromatic nitrogens is 3. The van der Waals surface area contributed by atoms with E-state index in [0.717, 1.165) is 62.1 Å². The fourth-order valence-electron chi connectivity index (χ4n) is 3.41. The number of ether oxygens (including phenoxy) is 1. The average molecular weight is 363 g/mol. The van der Waals surface area contributed by atoms with E-state index in [0.29, 0.717) is 6.54 Å². The number of aliphatic imine (C=N–C) groups is 1. The van der Waals surface area contributed by atoms with E-state index >= 15 is 0 Å². The van der Waals surface area contributed by atoms with Crippen molar-refractivity contribution in [3.05, 3.63) is 60.2 Å². The predicted molar refractivity (Wildman–Crippen MR) is 107 cm³/mol. The number of imidazole rings is 1. The van der Waals surface area contributed by atoms with Crippen molar-refractivity contribution >= 4 is 16.7 Å². The minimum Gasteiger partial charge on any atom is -0.379 e. The molecule has 0 saturated carbocycles. The van der Waals surface area contributed by atoms with Crippen LogP contribution in [0.3, 0.4) is 0 Å². The van der Waals surface area contributed by atoms with E-state index in [4.69, 9.17) is 14.7 Å². The molecule has 4 rings (SSSR count). The number of para-hydroxylation sites is 2. The summed E-state index contributed by atoms with van der Waals surface area (Å²) >= 11 is 0. The smallest absolute Gasteiger partial charge is 0.131 e. The molecule has 0 bridgehead atoms. The second kappa shape index (κ2) is 8.41. The molecular weight excluding hydrogens is 338 g/mol. The van der Waals surface area contributed by atoms with Gasteiger partial charge in [0.15, 0.2) is 0 Å². The molecule has 3 heterocycles. The highest BCUT2D eigenvalue weighted by Crippen LogP contribution is 2.17. The molecule has 3 aromatic rings. The maximum atomic E-state index is 5.45. The third kappa shape index (κ3) is 4.23. The molecule has 1 aromatic carbocycles. The van der Waals surface area contributed by atoms with E-state index in [9.17, 15) is 0 Å². The number of rotatable bonds is 6. The van der Waals surface area contributed by atoms with Crippen LogP contribution < -0.4 is 0 Å². The minimum atomic E-state index is 0.556. The van der Waals surface area contributed by atoms with E-state index in [1.165, 1.54) is 5.52 Å². The molecule has 0 unspecified atom stereocenters. The third-order valence-electron chi connectivity index (χ3n) is 4.97. The van der Waals surface area contributed by atoms with Crippen LogP contribution >= 0.6 is 0 Å². The first-order valence-electron chi connectivity index (χ1n) is 9.48. The number of hydrogen-bond donors (Lipinski definition) is 0. The fraction of sp³-hybridized carbons (Fsp3) is 0.381. The Morgan fingerprint density at radius 2 is 1.89 bits per heavy atom. The molecule has 1 aliphatic rings. The molecule has 1 fully saturated rings. The number of benzene rings is 1. The highest BCUT2D eigenvalue weighted by molar-refractivity contribution is 5.96. The van der Waals surface area contributed by atoms with Crippen molar-refractivity contribution in [2.24, 2.45) is 4.99 Å². The number of nitrogens with zero attached hydrogens (tertiary/aromatic N) is 5. The Morgan fingerprint density at radius 3 is 2.70 bits per heavy atom. The highest BCUT2D eigenvalue weighted by atomic mass is 16.5. The SMILES string of the molecule is CC(=NCc1nc2ccccc2n1CCN1CCOCC1)c1ccccn1. The standard InChI is InChI=1S/C21H25N5O/c1-17(18-6-4-5-9-22-18)23-16-21-24-19-7-2-3-8-20(19)26(21)11-10-25-12-14-27-15-13-25/h2-9H,10-16H2,1H3. The van der Waals surface area contributed by atoms with Crippen molar-refractivity contribution < 1.29 is 4.74 Å². The van der Waals surface area contributed by atoms with Gasteiger partial charge in [-0.1, -0.05) is 18.2 Å². The van der Waals surface area contributed by atoms with Crippen molar-refractivity contribution in [1.29, 1.82) is 0 Å². The van der Waals surface area contributed by atoms with Crippen LogP contribution in [-0.2, 0) is 17.8 Å². The van der Waals surface area contributed by atoms with Gasteiger partial charge in [0.1, 0.15) is 5.82 Å². The van der Waals surface area contributed by atoms with Crippen molar-refractivity contribution in [2.45, 2.75) is 20.0 Å². The molecule has 140 valence electrons. The van der Waals surface area contributed by atoms with E-state index in [1.807, 2.05) is 31.2 Å². The summed E-state index contributed by atoms with van der Waals surface area (Å²) in [6, 6.07) is 14.2. The van der Waals surface area contributed by atoms with Gasteiger partial charge < -0.3 is 9.30 Å². The van der Waals surface area contributed by atoms with Gasteiger partial charge >= 0.3 is 0 Å². The lowest BCUT2D eigenvalue weighted by molar-refractivity contribution is 0.0364. The number of pyridine rings is 1. The zero-order chi connectivity index (χ0) is 18.5. The summed E-state index contributed by atoms with van der Waals surface area (Å²) in [4.78, 5) is 16.4. The molecule has 6 nitrogen and oxygen atoms in total. The van der Waals surface area contributed by atoms with E-state index in [-0.39, 0.29) is 0 Å². The highest BCUT2D eigenvalue weighted by Gasteiger charge is 2.14. The second-order valence-corrected chi connectivity index (χ2v) is 6.74. The molecular formula is C21H25N5O. The largest absolute Gasteiger partial charge is 0.379 e. The zero-order valence-electron chi connectivity index (χ0n) is 15.7. The summed E-state index contributed by atoms with van der Waals surface area (Å²) in [6.45, 7) is 8.12. The van der Waals surface area contributed by atoms with Crippen LogP contribution in [0.1, 0.15) is 18.4 Å². The van der Waals surface area contributed by atoms with E-state index in [1.54, 1.807) is 6.20 Å². The van der Waals surface area contributed by atoms with Crippen molar-refractivity contribution in [1.82, 2.24) is 19.4 Å². The van der Waals surface area contributed by atoms with Gasteiger partial charge in [-0.3, -0.25) is 14.9 Å². The summed E-state index contributed by atoms with van der Waals surface area (Å²) in [5, 5.41) is 0. The van der Waals surface area contributed by atoms with Crippen molar-refractivity contribution in [3.8, 4) is 0 Å². The molecule has 27 heavy (non-hydrogen) atoms. The van der Waals surface area contributed by atoms with E-state index in [2.05, 4.69) is 32.7 Å². The molecule has 0 radical (unpaired) electrons. The molecule has 1 aliphatic heterocycles. The first-order valence-corrected chi connectivity index (χ1v) is 9.48. The second-order valence-electron chi connectivity index (χ2n) is 6.74. The first kappa shape index (κ1) is 17.8. The van der Waals surface area contributed by atoms with E-state index < -0.39 is 0 Å². The maximum absolute atomic E-state index is 5.45. The van der Waals surface area contributed by atoms with Gasteiger partial charge in [-0.15, -0.1) is 0 Å². The molecule has 2 aromatic heterocycles. The van der Waals surface area contributed by atoms with Crippen LogP contribution in [0, 0.1) is 0 Å². The Balaban J connectivity index is 1.56. The predicted octanol–water partition coefficient (Wildman–Crippen LogP) is 2.77. The Kier molecular flexibility index (Phi) is 5.55. The zero-order valence-corrected chi connectivity index (χ0v) is 15.7. The summed E-state index contributed by atoms with van der Waals surface area (Å²) in [5.74, 6) is 1.000. The minimum absolute atomic E-state index is 0.556. The molecule has 0 amide bonds. The van der Waals surface area contributed by atoms with Crippen LogP contribution in [0.4, 0.5) is 0 Å². The van der Waals surface area contributed by atoms with Crippen molar-refractivity contribution in [2.75, 3.05) is 32.8 Å². The average Bonchev–Trinajstić information content (AvgIpc) is 3.09. The molecule has 0 aliphatic carbocycles. The summed E-state index contributed by atoms with van der Waals surface area (Å²) in [6.07, 6.45) is 1.80.